The zero-order valence-electron chi connectivity index (χ0n) is 10.3. The molecule has 4 nitrogen and oxygen atoms in total. The van der Waals surface area contributed by atoms with E-state index in [1.165, 1.54) is 12.8 Å². The lowest BCUT2D eigenvalue weighted by Crippen LogP contribution is -2.30. The van der Waals surface area contributed by atoms with Crippen LogP contribution in [0.5, 0.6) is 5.75 Å². The number of fused-ring (bicyclic) bond motifs is 1. The van der Waals surface area contributed by atoms with Crippen molar-refractivity contribution in [3.05, 3.63) is 30.5 Å². The highest BCUT2D eigenvalue weighted by Crippen LogP contribution is 2.23. The minimum Gasteiger partial charge on any atom is -0.491 e. The molecule has 94 valence electrons. The van der Waals surface area contributed by atoms with E-state index in [1.54, 1.807) is 6.20 Å². The smallest absolute Gasteiger partial charge is 0.148 e. The van der Waals surface area contributed by atoms with E-state index in [-0.39, 0.29) is 0 Å². The van der Waals surface area contributed by atoms with Crippen LogP contribution in [0.2, 0.25) is 0 Å². The Morgan fingerprint density at radius 2 is 2.06 bits per heavy atom. The van der Waals surface area contributed by atoms with Crippen LogP contribution in [0, 0.1) is 5.92 Å². The van der Waals surface area contributed by atoms with Crippen molar-refractivity contribution in [3.8, 4) is 5.75 Å². The number of hydrogen-bond donors (Lipinski definition) is 1. The van der Waals surface area contributed by atoms with E-state index in [1.807, 2.05) is 24.3 Å². The van der Waals surface area contributed by atoms with Crippen molar-refractivity contribution in [2.45, 2.75) is 12.8 Å². The first-order valence-electron chi connectivity index (χ1n) is 6.47. The fourth-order valence-corrected chi connectivity index (χ4v) is 2.35. The molecule has 2 heterocycles. The molecule has 1 aromatic carbocycles. The predicted molar refractivity (Wildman–Crippen MR) is 70.6 cm³/mol. The van der Waals surface area contributed by atoms with E-state index in [4.69, 9.17) is 4.74 Å². The number of aromatic nitrogens is 2. The first-order chi connectivity index (χ1) is 8.93. The van der Waals surface area contributed by atoms with E-state index in [0.29, 0.717) is 5.92 Å². The second kappa shape index (κ2) is 5.31. The van der Waals surface area contributed by atoms with Gasteiger partial charge in [0.05, 0.1) is 18.3 Å². The Morgan fingerprint density at radius 3 is 2.94 bits per heavy atom. The van der Waals surface area contributed by atoms with Gasteiger partial charge in [0.2, 0.25) is 0 Å². The summed E-state index contributed by atoms with van der Waals surface area (Å²) in [6.07, 6.45) is 4.09. The van der Waals surface area contributed by atoms with E-state index < -0.39 is 0 Å². The lowest BCUT2D eigenvalue weighted by Gasteiger charge is -2.22. The summed E-state index contributed by atoms with van der Waals surface area (Å²) in [5, 5.41) is 12.5. The van der Waals surface area contributed by atoms with Crippen molar-refractivity contribution in [2.75, 3.05) is 19.7 Å². The summed E-state index contributed by atoms with van der Waals surface area (Å²) in [6.45, 7) is 2.98. The minimum atomic E-state index is 0.651. The first-order valence-corrected chi connectivity index (χ1v) is 6.47. The van der Waals surface area contributed by atoms with Crippen LogP contribution < -0.4 is 10.1 Å². The molecule has 0 spiro atoms. The van der Waals surface area contributed by atoms with Crippen LogP contribution in [0.1, 0.15) is 12.8 Å². The maximum atomic E-state index is 5.93. The van der Waals surface area contributed by atoms with E-state index in [9.17, 15) is 0 Å². The topological polar surface area (TPSA) is 47.0 Å². The van der Waals surface area contributed by atoms with Crippen molar-refractivity contribution in [1.82, 2.24) is 15.5 Å². The molecule has 4 heteroatoms. The highest BCUT2D eigenvalue weighted by atomic mass is 16.5. The van der Waals surface area contributed by atoms with Gasteiger partial charge >= 0.3 is 0 Å². The number of benzene rings is 1. The van der Waals surface area contributed by atoms with Crippen LogP contribution in [-0.2, 0) is 0 Å². The molecule has 1 aliphatic heterocycles. The van der Waals surface area contributed by atoms with Crippen LogP contribution in [-0.4, -0.2) is 29.9 Å². The fraction of sp³-hybridized carbons (Fsp3) is 0.429. The summed E-state index contributed by atoms with van der Waals surface area (Å²) in [6, 6.07) is 7.95. The SMILES string of the molecule is c1ccc2c(OCC3CCNCC3)cnnc2c1. The Kier molecular flexibility index (Phi) is 3.37. The molecule has 0 unspecified atom stereocenters. The lowest BCUT2D eigenvalue weighted by atomic mass is 9.99. The van der Waals surface area contributed by atoms with Gasteiger partial charge in [-0.25, -0.2) is 0 Å². The third kappa shape index (κ3) is 2.43. The number of rotatable bonds is 3. The summed E-state index contributed by atoms with van der Waals surface area (Å²) >= 11 is 0. The fourth-order valence-electron chi connectivity index (χ4n) is 2.35. The molecule has 0 amide bonds. The monoisotopic (exact) mass is 243 g/mol. The van der Waals surface area contributed by atoms with Gasteiger partial charge in [-0.15, -0.1) is 0 Å². The summed E-state index contributed by atoms with van der Waals surface area (Å²) in [5.74, 6) is 1.50. The molecule has 1 fully saturated rings. The molecule has 3 rings (SSSR count). The van der Waals surface area contributed by atoms with E-state index in [0.717, 1.165) is 36.3 Å². The third-order valence-electron chi connectivity index (χ3n) is 3.44. The molecular formula is C14H17N3O. The van der Waals surface area contributed by atoms with Crippen molar-refractivity contribution in [2.24, 2.45) is 5.92 Å². The van der Waals surface area contributed by atoms with Gasteiger partial charge in [0.25, 0.3) is 0 Å². The Morgan fingerprint density at radius 1 is 1.22 bits per heavy atom. The summed E-state index contributed by atoms with van der Waals surface area (Å²) in [5.41, 5.74) is 0.889. The first kappa shape index (κ1) is 11.4. The van der Waals surface area contributed by atoms with Crippen molar-refractivity contribution in [1.29, 1.82) is 0 Å². The molecule has 1 aliphatic rings. The molecular weight excluding hydrogens is 226 g/mol. The molecule has 0 bridgehead atoms. The Labute approximate surface area is 106 Å². The van der Waals surface area contributed by atoms with Gasteiger partial charge in [0, 0.05) is 5.39 Å². The zero-order chi connectivity index (χ0) is 12.2. The molecule has 1 aromatic heterocycles. The van der Waals surface area contributed by atoms with Crippen LogP contribution in [0.3, 0.4) is 0 Å². The maximum absolute atomic E-state index is 5.93. The van der Waals surface area contributed by atoms with Crippen molar-refractivity contribution >= 4 is 10.9 Å². The van der Waals surface area contributed by atoms with Gasteiger partial charge < -0.3 is 10.1 Å². The molecule has 0 aliphatic carbocycles. The molecule has 2 aromatic rings. The number of hydrogen-bond acceptors (Lipinski definition) is 4. The van der Waals surface area contributed by atoms with Crippen LogP contribution in [0.4, 0.5) is 0 Å². The molecule has 18 heavy (non-hydrogen) atoms. The highest BCUT2D eigenvalue weighted by molar-refractivity contribution is 5.83. The van der Waals surface area contributed by atoms with Gasteiger partial charge in [0.1, 0.15) is 5.75 Å². The van der Waals surface area contributed by atoms with Gasteiger partial charge in [-0.2, -0.15) is 10.2 Å². The largest absolute Gasteiger partial charge is 0.491 e. The normalized spacial score (nSPS) is 16.9. The number of ether oxygens (including phenoxy) is 1. The molecule has 0 atom stereocenters. The van der Waals surface area contributed by atoms with Crippen LogP contribution in [0.25, 0.3) is 10.9 Å². The summed E-state index contributed by atoms with van der Waals surface area (Å²) in [7, 11) is 0. The minimum absolute atomic E-state index is 0.651. The summed E-state index contributed by atoms with van der Waals surface area (Å²) in [4.78, 5) is 0. The predicted octanol–water partition coefficient (Wildman–Crippen LogP) is 2.01. The second-order valence-electron chi connectivity index (χ2n) is 4.73. The average molecular weight is 243 g/mol. The van der Waals surface area contributed by atoms with Crippen molar-refractivity contribution in [3.63, 3.8) is 0 Å². The number of nitrogens with zero attached hydrogens (tertiary/aromatic N) is 2. The quantitative estimate of drug-likeness (QED) is 0.895. The van der Waals surface area contributed by atoms with Gasteiger partial charge in [-0.3, -0.25) is 0 Å². The Bertz CT molecular complexity index is 518. The number of piperidine rings is 1. The van der Waals surface area contributed by atoms with Crippen molar-refractivity contribution < 1.29 is 4.74 Å². The molecule has 1 saturated heterocycles. The second-order valence-corrected chi connectivity index (χ2v) is 4.73. The third-order valence-corrected chi connectivity index (χ3v) is 3.44. The van der Waals surface area contributed by atoms with Crippen LogP contribution >= 0.6 is 0 Å². The zero-order valence-corrected chi connectivity index (χ0v) is 10.3. The maximum Gasteiger partial charge on any atom is 0.148 e. The Balaban J connectivity index is 1.74. The van der Waals surface area contributed by atoms with Gasteiger partial charge in [0.15, 0.2) is 0 Å². The molecule has 0 saturated carbocycles. The lowest BCUT2D eigenvalue weighted by molar-refractivity contribution is 0.216. The molecule has 0 radical (unpaired) electrons. The highest BCUT2D eigenvalue weighted by Gasteiger charge is 2.14. The molecule has 1 N–H and O–H groups in total. The van der Waals surface area contributed by atoms with Crippen LogP contribution in [0.15, 0.2) is 30.5 Å². The number of nitrogens with one attached hydrogen (secondary N) is 1. The Hall–Kier alpha value is -1.68. The van der Waals surface area contributed by atoms with E-state index in [2.05, 4.69) is 15.5 Å². The van der Waals surface area contributed by atoms with E-state index >= 15 is 0 Å². The van der Waals surface area contributed by atoms with Gasteiger partial charge in [-0.05, 0) is 44.0 Å². The van der Waals surface area contributed by atoms with Gasteiger partial charge in [-0.1, -0.05) is 12.1 Å². The summed E-state index contributed by atoms with van der Waals surface area (Å²) < 4.78 is 5.93. The standard InChI is InChI=1S/C14H17N3O/c1-2-4-13-12(3-1)14(9-16-17-13)18-10-11-5-7-15-8-6-11/h1-4,9,11,15H,5-8,10H2. The average Bonchev–Trinajstić information content (AvgIpc) is 2.46.